The molecular weight excluding hydrogens is 536 g/mol. The summed E-state index contributed by atoms with van der Waals surface area (Å²) in [4.78, 5) is -0.293. The highest BCUT2D eigenvalue weighted by molar-refractivity contribution is 7.95. The van der Waals surface area contributed by atoms with Crippen molar-refractivity contribution in [1.29, 1.82) is 5.26 Å². The Hall–Kier alpha value is -4.08. The number of hydrogen-bond acceptors (Lipinski definition) is 7. The van der Waals surface area contributed by atoms with Crippen LogP contribution in [0, 0.1) is 11.3 Å². The highest BCUT2D eigenvalue weighted by Gasteiger charge is 2.27. The van der Waals surface area contributed by atoms with Gasteiger partial charge in [-0.2, -0.15) is 14.7 Å². The van der Waals surface area contributed by atoms with Crippen LogP contribution in [0.25, 0.3) is 23.0 Å². The predicted octanol–water partition coefficient (Wildman–Crippen LogP) is 3.90. The molecule has 0 atom stereocenters. The molecule has 4 aromatic rings. The Morgan fingerprint density at radius 1 is 0.846 bits per heavy atom. The van der Waals surface area contributed by atoms with Gasteiger partial charge in [-0.3, -0.25) is 0 Å². The average molecular weight is 561 g/mol. The normalized spacial score (nSPS) is 15.1. The number of allylic oxidation sites excluding steroid dienone is 1. The number of aromatic nitrogens is 2. The molecule has 0 saturated carbocycles. The molecule has 198 valence electrons. The lowest BCUT2D eigenvalue weighted by Gasteiger charge is -2.26. The summed E-state index contributed by atoms with van der Waals surface area (Å²) in [7, 11) is -7.76. The third-order valence-corrected chi connectivity index (χ3v) is 9.83. The maximum absolute atomic E-state index is 13.2. The van der Waals surface area contributed by atoms with Gasteiger partial charge in [-0.05, 0) is 42.5 Å². The van der Waals surface area contributed by atoms with Crippen LogP contribution in [0.15, 0.2) is 106 Å². The molecule has 5 rings (SSSR count). The summed E-state index contributed by atoms with van der Waals surface area (Å²) in [6.45, 7) is 1.26. The number of sulfone groups is 1. The van der Waals surface area contributed by atoms with Gasteiger partial charge in [0.05, 0.1) is 28.7 Å². The SMILES string of the molecule is N#CC(=Cc1cn(-c2ccccc2)nc1-c1ccc(S(=O)(=O)N2CCOCC2)cc1)S(=O)(=O)c1ccccc1. The monoisotopic (exact) mass is 560 g/mol. The molecule has 2 heterocycles. The fraction of sp³-hybridized carbons (Fsp3) is 0.143. The van der Waals surface area contributed by atoms with E-state index in [9.17, 15) is 22.1 Å². The summed E-state index contributed by atoms with van der Waals surface area (Å²) in [5.41, 5.74) is 2.07. The van der Waals surface area contributed by atoms with Crippen molar-refractivity contribution < 1.29 is 21.6 Å². The van der Waals surface area contributed by atoms with Crippen molar-refractivity contribution in [2.24, 2.45) is 0 Å². The Labute approximate surface area is 227 Å². The zero-order valence-electron chi connectivity index (χ0n) is 20.7. The second-order valence-corrected chi connectivity index (χ2v) is 12.5. The quantitative estimate of drug-likeness (QED) is 0.314. The van der Waals surface area contributed by atoms with Crippen molar-refractivity contribution in [1.82, 2.24) is 14.1 Å². The third kappa shape index (κ3) is 5.41. The summed E-state index contributed by atoms with van der Waals surface area (Å²) in [5, 5.41) is 14.5. The Kier molecular flexibility index (Phi) is 7.45. The number of hydrogen-bond donors (Lipinski definition) is 0. The van der Waals surface area contributed by atoms with Gasteiger partial charge in [0, 0.05) is 30.4 Å². The number of benzene rings is 3. The molecule has 11 heteroatoms. The summed E-state index contributed by atoms with van der Waals surface area (Å²) in [6.07, 6.45) is 2.93. The molecule has 0 radical (unpaired) electrons. The minimum Gasteiger partial charge on any atom is -0.379 e. The van der Waals surface area contributed by atoms with E-state index in [1.807, 2.05) is 36.4 Å². The van der Waals surface area contributed by atoms with Crippen molar-refractivity contribution in [2.75, 3.05) is 26.3 Å². The van der Waals surface area contributed by atoms with Gasteiger partial charge in [0.1, 0.15) is 16.7 Å². The molecular formula is C28H24N4O5S2. The molecule has 0 spiro atoms. The Morgan fingerprint density at radius 2 is 1.46 bits per heavy atom. The molecule has 9 nitrogen and oxygen atoms in total. The fourth-order valence-electron chi connectivity index (χ4n) is 4.19. The van der Waals surface area contributed by atoms with Gasteiger partial charge in [0.15, 0.2) is 0 Å². The molecule has 0 bridgehead atoms. The summed E-state index contributed by atoms with van der Waals surface area (Å²) in [5.74, 6) is 0. The number of nitriles is 1. The second kappa shape index (κ2) is 11.0. The molecule has 3 aromatic carbocycles. The number of ether oxygens (including phenoxy) is 1. The van der Waals surface area contributed by atoms with Crippen molar-refractivity contribution in [2.45, 2.75) is 9.79 Å². The predicted molar refractivity (Wildman–Crippen MR) is 146 cm³/mol. The van der Waals surface area contributed by atoms with Crippen molar-refractivity contribution in [3.8, 4) is 23.0 Å². The van der Waals surface area contributed by atoms with Crippen LogP contribution < -0.4 is 0 Å². The molecule has 1 fully saturated rings. The molecule has 1 aromatic heterocycles. The first-order valence-electron chi connectivity index (χ1n) is 12.1. The van der Waals surface area contributed by atoms with E-state index in [4.69, 9.17) is 4.74 Å². The molecule has 1 saturated heterocycles. The topological polar surface area (TPSA) is 122 Å². The van der Waals surface area contributed by atoms with Crippen LogP contribution in [0.4, 0.5) is 0 Å². The smallest absolute Gasteiger partial charge is 0.243 e. The standard InChI is InChI=1S/C28H24N4O5S2/c29-20-27(38(33,34)25-9-5-2-6-10-25)19-23-21-32(24-7-3-1-4-8-24)30-28(23)22-11-13-26(14-12-22)39(35,36)31-15-17-37-18-16-31/h1-14,19,21H,15-18H2. The first-order chi connectivity index (χ1) is 18.8. The Balaban J connectivity index is 1.59. The van der Waals surface area contributed by atoms with E-state index in [1.54, 1.807) is 41.2 Å². The highest BCUT2D eigenvalue weighted by atomic mass is 32.2. The summed E-state index contributed by atoms with van der Waals surface area (Å²) >= 11 is 0. The largest absolute Gasteiger partial charge is 0.379 e. The molecule has 1 aliphatic rings. The number of rotatable bonds is 7. The van der Waals surface area contributed by atoms with Gasteiger partial charge in [-0.1, -0.05) is 48.5 Å². The molecule has 39 heavy (non-hydrogen) atoms. The van der Waals surface area contributed by atoms with E-state index in [0.717, 1.165) is 5.69 Å². The third-order valence-electron chi connectivity index (χ3n) is 6.24. The summed E-state index contributed by atoms with van der Waals surface area (Å²) in [6, 6.07) is 25.1. The molecule has 0 aliphatic carbocycles. The van der Waals surface area contributed by atoms with Gasteiger partial charge in [-0.25, -0.2) is 21.5 Å². The number of morpholine rings is 1. The maximum Gasteiger partial charge on any atom is 0.243 e. The average Bonchev–Trinajstić information content (AvgIpc) is 3.41. The zero-order chi connectivity index (χ0) is 27.5. The van der Waals surface area contributed by atoms with E-state index in [0.29, 0.717) is 30.0 Å². The van der Waals surface area contributed by atoms with Crippen LogP contribution >= 0.6 is 0 Å². The lowest BCUT2D eigenvalue weighted by molar-refractivity contribution is 0.0730. The van der Waals surface area contributed by atoms with Crippen LogP contribution in [-0.2, 0) is 24.6 Å². The van der Waals surface area contributed by atoms with E-state index in [2.05, 4.69) is 5.10 Å². The highest BCUT2D eigenvalue weighted by Crippen LogP contribution is 2.30. The molecule has 1 aliphatic heterocycles. The lowest BCUT2D eigenvalue weighted by Crippen LogP contribution is -2.40. The molecule has 0 unspecified atom stereocenters. The van der Waals surface area contributed by atoms with Crippen LogP contribution in [0.3, 0.4) is 0 Å². The van der Waals surface area contributed by atoms with Gasteiger partial charge >= 0.3 is 0 Å². The van der Waals surface area contributed by atoms with Gasteiger partial charge in [0.25, 0.3) is 0 Å². The van der Waals surface area contributed by atoms with Gasteiger partial charge < -0.3 is 4.74 Å². The van der Waals surface area contributed by atoms with Crippen LogP contribution in [0.5, 0.6) is 0 Å². The first kappa shape index (κ1) is 26.5. The zero-order valence-corrected chi connectivity index (χ0v) is 22.3. The maximum atomic E-state index is 13.2. The van der Waals surface area contributed by atoms with Crippen LogP contribution in [-0.4, -0.2) is 57.2 Å². The first-order valence-corrected chi connectivity index (χ1v) is 15.0. The van der Waals surface area contributed by atoms with Crippen molar-refractivity contribution in [3.05, 3.63) is 102 Å². The summed E-state index contributed by atoms with van der Waals surface area (Å²) < 4.78 is 60.8. The second-order valence-electron chi connectivity index (χ2n) is 8.69. The van der Waals surface area contributed by atoms with Crippen LogP contribution in [0.1, 0.15) is 5.56 Å². The molecule has 0 N–H and O–H groups in total. The van der Waals surface area contributed by atoms with Crippen molar-refractivity contribution in [3.63, 3.8) is 0 Å². The van der Waals surface area contributed by atoms with Gasteiger partial charge in [-0.15, -0.1) is 0 Å². The van der Waals surface area contributed by atoms with Crippen molar-refractivity contribution >= 4 is 25.9 Å². The lowest BCUT2D eigenvalue weighted by atomic mass is 10.1. The fourth-order valence-corrected chi connectivity index (χ4v) is 6.77. The number of nitrogens with zero attached hydrogens (tertiary/aromatic N) is 4. The minimum absolute atomic E-state index is 0.00692. The number of sulfonamides is 1. The van der Waals surface area contributed by atoms with E-state index >= 15 is 0 Å². The Morgan fingerprint density at radius 3 is 2.08 bits per heavy atom. The van der Waals surface area contributed by atoms with E-state index in [-0.39, 0.29) is 22.9 Å². The Bertz CT molecular complexity index is 1750. The molecule has 0 amide bonds. The minimum atomic E-state index is -4.07. The number of para-hydroxylation sites is 1. The van der Waals surface area contributed by atoms with E-state index in [1.165, 1.54) is 34.6 Å². The van der Waals surface area contributed by atoms with E-state index < -0.39 is 24.8 Å². The van der Waals surface area contributed by atoms with Crippen LogP contribution in [0.2, 0.25) is 0 Å². The van der Waals surface area contributed by atoms with Gasteiger partial charge in [0.2, 0.25) is 19.9 Å².